The van der Waals surface area contributed by atoms with E-state index >= 15 is 0 Å². The Morgan fingerprint density at radius 2 is 1.11 bits per heavy atom. The Labute approximate surface area is 158 Å². The molecule has 4 aromatic rings. The fourth-order valence-electron chi connectivity index (χ4n) is 4.97. The first-order valence-corrected chi connectivity index (χ1v) is 9.38. The number of aryl methyl sites for hydroxylation is 1. The minimum Gasteiger partial charge on any atom is -0.457 e. The molecule has 128 valence electrons. The smallest absolute Gasteiger partial charge is 0.132 e. The van der Waals surface area contributed by atoms with Crippen molar-refractivity contribution in [3.05, 3.63) is 119 Å². The summed E-state index contributed by atoms with van der Waals surface area (Å²) in [6.45, 7) is 2.17. The second-order valence-corrected chi connectivity index (χ2v) is 7.44. The molecule has 0 saturated carbocycles. The minimum atomic E-state index is -0.328. The monoisotopic (exact) mass is 346 g/mol. The van der Waals surface area contributed by atoms with Crippen LogP contribution in [0.15, 0.2) is 91.0 Å². The highest BCUT2D eigenvalue weighted by molar-refractivity contribution is 5.88. The summed E-state index contributed by atoms with van der Waals surface area (Å²) >= 11 is 0. The minimum absolute atomic E-state index is 0.328. The van der Waals surface area contributed by atoms with E-state index in [4.69, 9.17) is 4.74 Å². The van der Waals surface area contributed by atoms with Crippen molar-refractivity contribution < 1.29 is 4.74 Å². The number of para-hydroxylation sites is 2. The van der Waals surface area contributed by atoms with Crippen LogP contribution in [0, 0.1) is 6.92 Å². The van der Waals surface area contributed by atoms with Crippen molar-refractivity contribution >= 4 is 0 Å². The number of benzene rings is 4. The molecule has 0 bridgehead atoms. The van der Waals surface area contributed by atoms with Gasteiger partial charge in [0.25, 0.3) is 0 Å². The predicted molar refractivity (Wildman–Crippen MR) is 109 cm³/mol. The molecule has 27 heavy (non-hydrogen) atoms. The maximum atomic E-state index is 6.32. The first-order chi connectivity index (χ1) is 13.3. The summed E-state index contributed by atoms with van der Waals surface area (Å²) in [6, 6.07) is 32.6. The third kappa shape index (κ3) is 1.74. The van der Waals surface area contributed by atoms with Crippen LogP contribution in [-0.4, -0.2) is 0 Å². The van der Waals surface area contributed by atoms with Gasteiger partial charge in [0.2, 0.25) is 0 Å². The number of hydrogen-bond acceptors (Lipinski definition) is 1. The molecule has 4 aromatic carbocycles. The van der Waals surface area contributed by atoms with Crippen LogP contribution >= 0.6 is 0 Å². The van der Waals surface area contributed by atoms with Crippen molar-refractivity contribution in [2.45, 2.75) is 12.3 Å². The average molecular weight is 346 g/mol. The quantitative estimate of drug-likeness (QED) is 0.306. The van der Waals surface area contributed by atoms with Gasteiger partial charge >= 0.3 is 0 Å². The van der Waals surface area contributed by atoms with Gasteiger partial charge in [-0.25, -0.2) is 0 Å². The Morgan fingerprint density at radius 1 is 0.556 bits per heavy atom. The maximum Gasteiger partial charge on any atom is 0.132 e. The van der Waals surface area contributed by atoms with Crippen molar-refractivity contribution in [3.8, 4) is 22.6 Å². The van der Waals surface area contributed by atoms with Crippen LogP contribution in [0.5, 0.6) is 11.5 Å². The number of rotatable bonds is 0. The number of ether oxygens (including phenoxy) is 1. The van der Waals surface area contributed by atoms with E-state index in [1.54, 1.807) is 0 Å². The van der Waals surface area contributed by atoms with Gasteiger partial charge < -0.3 is 4.74 Å². The summed E-state index contributed by atoms with van der Waals surface area (Å²) in [6.07, 6.45) is 0. The van der Waals surface area contributed by atoms with Gasteiger partial charge in [0.15, 0.2) is 0 Å². The van der Waals surface area contributed by atoms with E-state index in [1.165, 1.54) is 38.9 Å². The fraction of sp³-hybridized carbons (Fsp3) is 0.0769. The Balaban J connectivity index is 1.86. The van der Waals surface area contributed by atoms with Gasteiger partial charge in [-0.2, -0.15) is 0 Å². The Bertz CT molecular complexity index is 1170. The van der Waals surface area contributed by atoms with Gasteiger partial charge in [-0.1, -0.05) is 84.4 Å². The van der Waals surface area contributed by atoms with Crippen LogP contribution in [0.25, 0.3) is 11.1 Å². The molecule has 0 N–H and O–H groups in total. The summed E-state index contributed by atoms with van der Waals surface area (Å²) in [4.78, 5) is 0. The van der Waals surface area contributed by atoms with Crippen LogP contribution in [0.2, 0.25) is 0 Å². The summed E-state index contributed by atoms with van der Waals surface area (Å²) in [5.41, 5.74) is 8.74. The van der Waals surface area contributed by atoms with Gasteiger partial charge in [0, 0.05) is 11.1 Å². The van der Waals surface area contributed by atoms with E-state index in [0.29, 0.717) is 0 Å². The van der Waals surface area contributed by atoms with Gasteiger partial charge in [-0.05, 0) is 41.3 Å². The molecular weight excluding hydrogens is 328 g/mol. The van der Waals surface area contributed by atoms with Gasteiger partial charge in [-0.3, -0.25) is 0 Å². The second kappa shape index (κ2) is 5.11. The standard InChI is InChI=1S/C26H18O/c1-17-14-15-21-19(16-17)18-8-2-3-9-20(18)26(21)22-10-4-6-12-24(22)27-25-13-7-5-11-23(25)26/h2-16H,1H3. The van der Waals surface area contributed by atoms with E-state index in [1.807, 2.05) is 0 Å². The molecular formula is C26H18O. The highest BCUT2D eigenvalue weighted by Gasteiger charge is 2.50. The Kier molecular flexibility index (Phi) is 2.80. The molecule has 1 nitrogen and oxygen atoms in total. The third-order valence-corrected chi connectivity index (χ3v) is 6.00. The van der Waals surface area contributed by atoms with Crippen molar-refractivity contribution in [2.24, 2.45) is 0 Å². The molecule has 1 heteroatoms. The van der Waals surface area contributed by atoms with Gasteiger partial charge in [0.05, 0.1) is 5.41 Å². The zero-order chi connectivity index (χ0) is 18.0. The topological polar surface area (TPSA) is 9.23 Å². The van der Waals surface area contributed by atoms with E-state index in [-0.39, 0.29) is 5.41 Å². The van der Waals surface area contributed by atoms with Crippen molar-refractivity contribution in [3.63, 3.8) is 0 Å². The molecule has 6 rings (SSSR count). The van der Waals surface area contributed by atoms with E-state index < -0.39 is 0 Å². The summed E-state index contributed by atoms with van der Waals surface area (Å²) < 4.78 is 6.32. The average Bonchev–Trinajstić information content (AvgIpc) is 2.99. The van der Waals surface area contributed by atoms with Crippen LogP contribution < -0.4 is 4.74 Å². The Morgan fingerprint density at radius 3 is 1.81 bits per heavy atom. The van der Waals surface area contributed by atoms with Crippen molar-refractivity contribution in [1.29, 1.82) is 0 Å². The lowest BCUT2D eigenvalue weighted by atomic mass is 9.66. The number of fused-ring (bicyclic) bond motifs is 9. The highest BCUT2D eigenvalue weighted by atomic mass is 16.5. The largest absolute Gasteiger partial charge is 0.457 e. The van der Waals surface area contributed by atoms with E-state index in [2.05, 4.69) is 97.9 Å². The van der Waals surface area contributed by atoms with E-state index in [0.717, 1.165) is 11.5 Å². The van der Waals surface area contributed by atoms with Gasteiger partial charge in [0.1, 0.15) is 11.5 Å². The summed E-state index contributed by atoms with van der Waals surface area (Å²) in [7, 11) is 0. The molecule has 0 unspecified atom stereocenters. The molecule has 0 radical (unpaired) electrons. The maximum absolute atomic E-state index is 6.32. The molecule has 0 amide bonds. The van der Waals surface area contributed by atoms with E-state index in [9.17, 15) is 0 Å². The predicted octanol–water partition coefficient (Wildman–Crippen LogP) is 6.46. The lowest BCUT2D eigenvalue weighted by molar-refractivity contribution is 0.436. The third-order valence-electron chi connectivity index (χ3n) is 6.00. The number of hydrogen-bond donors (Lipinski definition) is 0. The van der Waals surface area contributed by atoms with Crippen LogP contribution in [-0.2, 0) is 5.41 Å². The van der Waals surface area contributed by atoms with Crippen LogP contribution in [0.3, 0.4) is 0 Å². The molecule has 2 aliphatic rings. The lowest BCUT2D eigenvalue weighted by Crippen LogP contribution is -2.32. The van der Waals surface area contributed by atoms with Crippen molar-refractivity contribution in [1.82, 2.24) is 0 Å². The molecule has 0 fully saturated rings. The normalized spacial score (nSPS) is 14.7. The SMILES string of the molecule is Cc1ccc2c(c1)-c1ccccc1C21c2ccccc2Oc2ccccc21. The first-order valence-electron chi connectivity index (χ1n) is 9.38. The van der Waals surface area contributed by atoms with Crippen LogP contribution in [0.4, 0.5) is 0 Å². The zero-order valence-electron chi connectivity index (χ0n) is 15.1. The van der Waals surface area contributed by atoms with Crippen LogP contribution in [0.1, 0.15) is 27.8 Å². The lowest BCUT2D eigenvalue weighted by Gasteiger charge is -2.39. The molecule has 1 aliphatic carbocycles. The molecule has 1 heterocycles. The molecule has 0 saturated heterocycles. The molecule has 1 spiro atoms. The Hall–Kier alpha value is -3.32. The zero-order valence-corrected chi connectivity index (χ0v) is 15.1. The summed E-state index contributed by atoms with van der Waals surface area (Å²) in [5, 5.41) is 0. The molecule has 0 atom stereocenters. The summed E-state index contributed by atoms with van der Waals surface area (Å²) in [5.74, 6) is 1.89. The second-order valence-electron chi connectivity index (χ2n) is 7.44. The first kappa shape index (κ1) is 14.8. The van der Waals surface area contributed by atoms with Gasteiger partial charge in [-0.15, -0.1) is 0 Å². The highest BCUT2D eigenvalue weighted by Crippen LogP contribution is 2.61. The fourth-order valence-corrected chi connectivity index (χ4v) is 4.97. The van der Waals surface area contributed by atoms with Crippen molar-refractivity contribution in [2.75, 3.05) is 0 Å². The molecule has 0 aromatic heterocycles. The molecule has 1 aliphatic heterocycles.